The van der Waals surface area contributed by atoms with E-state index in [0.717, 1.165) is 54.6 Å². The van der Waals surface area contributed by atoms with E-state index in [4.69, 9.17) is 0 Å². The molecule has 0 saturated heterocycles. The van der Waals surface area contributed by atoms with Crippen LogP contribution in [0.1, 0.15) is 114 Å². The number of halogens is 2. The van der Waals surface area contributed by atoms with Crippen LogP contribution in [0.2, 0.25) is 0 Å². The molecule has 4 unspecified atom stereocenters. The van der Waals surface area contributed by atoms with Gasteiger partial charge in [-0.1, -0.05) is 70.1 Å². The van der Waals surface area contributed by atoms with Crippen molar-refractivity contribution in [2.45, 2.75) is 110 Å². The number of hydrogen-bond donors (Lipinski definition) is 0. The van der Waals surface area contributed by atoms with Crippen LogP contribution in [0.5, 0.6) is 0 Å². The predicted molar refractivity (Wildman–Crippen MR) is 141 cm³/mol. The standard InChI is InChI=1S/C32H44F2/c1-3-5-7-8-10-11-23-13-14-26-20-27(16-15-25(26)17-23)29-22-30-28(21-32(29)34)18-24(19-31(30)33)12-9-6-4-2/h4,6,18-19,21-23,25-27H,3,5,7-17,20H2,1-2H3/b6-4+. The second-order valence-corrected chi connectivity index (χ2v) is 11.2. The van der Waals surface area contributed by atoms with Gasteiger partial charge in [-0.05, 0) is 110 Å². The Morgan fingerprint density at radius 1 is 0.853 bits per heavy atom. The van der Waals surface area contributed by atoms with Crippen LogP contribution in [0, 0.1) is 29.4 Å². The van der Waals surface area contributed by atoms with Gasteiger partial charge in [-0.3, -0.25) is 0 Å². The van der Waals surface area contributed by atoms with E-state index in [9.17, 15) is 4.39 Å². The lowest BCUT2D eigenvalue weighted by Gasteiger charge is -2.42. The van der Waals surface area contributed by atoms with Crippen LogP contribution < -0.4 is 0 Å². The van der Waals surface area contributed by atoms with Crippen molar-refractivity contribution in [1.82, 2.24) is 0 Å². The summed E-state index contributed by atoms with van der Waals surface area (Å²) in [6, 6.07) is 7.04. The van der Waals surface area contributed by atoms with Crippen LogP contribution in [-0.4, -0.2) is 0 Å². The van der Waals surface area contributed by atoms with Gasteiger partial charge in [0.05, 0.1) is 0 Å². The normalized spacial score (nSPS) is 25.2. The molecule has 0 nitrogen and oxygen atoms in total. The number of hydrogen-bond acceptors (Lipinski definition) is 0. The first kappa shape index (κ1) is 25.4. The van der Waals surface area contributed by atoms with E-state index in [0.29, 0.717) is 10.8 Å². The molecule has 0 aromatic heterocycles. The van der Waals surface area contributed by atoms with Crippen molar-refractivity contribution < 1.29 is 8.78 Å². The number of allylic oxidation sites excluding steroid dienone is 2. The van der Waals surface area contributed by atoms with Crippen LogP contribution in [0.4, 0.5) is 8.78 Å². The Kier molecular flexibility index (Phi) is 9.20. The maximum Gasteiger partial charge on any atom is 0.131 e. The monoisotopic (exact) mass is 466 g/mol. The molecule has 186 valence electrons. The Bertz CT molecular complexity index is 959. The summed E-state index contributed by atoms with van der Waals surface area (Å²) in [6.45, 7) is 4.27. The zero-order valence-electron chi connectivity index (χ0n) is 21.4. The maximum absolute atomic E-state index is 15.3. The summed E-state index contributed by atoms with van der Waals surface area (Å²) in [4.78, 5) is 0. The van der Waals surface area contributed by atoms with E-state index in [-0.39, 0.29) is 17.6 Å². The minimum atomic E-state index is -0.206. The molecule has 4 atom stereocenters. The van der Waals surface area contributed by atoms with Crippen LogP contribution in [0.15, 0.2) is 36.4 Å². The molecule has 2 fully saturated rings. The molecule has 0 amide bonds. The Morgan fingerprint density at radius 2 is 1.65 bits per heavy atom. The van der Waals surface area contributed by atoms with E-state index in [1.54, 1.807) is 12.1 Å². The first-order chi connectivity index (χ1) is 16.6. The highest BCUT2D eigenvalue weighted by molar-refractivity contribution is 5.85. The molecule has 0 spiro atoms. The van der Waals surface area contributed by atoms with Gasteiger partial charge in [-0.2, -0.15) is 0 Å². The molecular formula is C32H44F2. The minimum Gasteiger partial charge on any atom is -0.207 e. The van der Waals surface area contributed by atoms with Crippen LogP contribution in [0.25, 0.3) is 10.8 Å². The van der Waals surface area contributed by atoms with E-state index >= 15 is 4.39 Å². The molecule has 4 rings (SSSR count). The fourth-order valence-corrected chi connectivity index (χ4v) is 6.85. The number of fused-ring (bicyclic) bond motifs is 2. The van der Waals surface area contributed by atoms with Gasteiger partial charge >= 0.3 is 0 Å². The Balaban J connectivity index is 1.38. The zero-order valence-corrected chi connectivity index (χ0v) is 21.4. The largest absolute Gasteiger partial charge is 0.207 e. The molecule has 34 heavy (non-hydrogen) atoms. The van der Waals surface area contributed by atoms with Crippen LogP contribution >= 0.6 is 0 Å². The van der Waals surface area contributed by atoms with Crippen molar-refractivity contribution in [2.75, 3.05) is 0 Å². The molecule has 2 aromatic carbocycles. The molecule has 2 aromatic rings. The first-order valence-electron chi connectivity index (χ1n) is 14.1. The third-order valence-corrected chi connectivity index (χ3v) is 8.79. The van der Waals surface area contributed by atoms with Crippen LogP contribution in [0.3, 0.4) is 0 Å². The molecule has 2 saturated carbocycles. The molecule has 0 heterocycles. The fraction of sp³-hybridized carbons (Fsp3) is 0.625. The average Bonchev–Trinajstić information content (AvgIpc) is 2.83. The van der Waals surface area contributed by atoms with Gasteiger partial charge in [0.2, 0.25) is 0 Å². The number of rotatable bonds is 10. The molecule has 2 aliphatic rings. The quantitative estimate of drug-likeness (QED) is 0.241. The van der Waals surface area contributed by atoms with Gasteiger partial charge < -0.3 is 0 Å². The number of aryl methyl sites for hydroxylation is 1. The van der Waals surface area contributed by atoms with E-state index in [1.807, 2.05) is 25.1 Å². The molecule has 0 aliphatic heterocycles. The SMILES string of the molecule is C/C=C/CCc1cc(F)c2cc(C3CCC4CC(CCCCCCC)CCC4C3)c(F)cc2c1. The summed E-state index contributed by atoms with van der Waals surface area (Å²) in [6.07, 6.45) is 21.5. The van der Waals surface area contributed by atoms with Gasteiger partial charge in [0.15, 0.2) is 0 Å². The molecule has 2 heteroatoms. The van der Waals surface area contributed by atoms with E-state index in [2.05, 4.69) is 13.0 Å². The van der Waals surface area contributed by atoms with Crippen molar-refractivity contribution in [1.29, 1.82) is 0 Å². The van der Waals surface area contributed by atoms with Gasteiger partial charge in [-0.25, -0.2) is 8.78 Å². The second-order valence-electron chi connectivity index (χ2n) is 11.2. The minimum absolute atomic E-state index is 0.137. The summed E-state index contributed by atoms with van der Waals surface area (Å²) in [5.74, 6) is 2.36. The third-order valence-electron chi connectivity index (χ3n) is 8.79. The maximum atomic E-state index is 15.3. The van der Waals surface area contributed by atoms with Gasteiger partial charge in [0.25, 0.3) is 0 Å². The highest BCUT2D eigenvalue weighted by Crippen LogP contribution is 2.49. The highest BCUT2D eigenvalue weighted by atomic mass is 19.1. The van der Waals surface area contributed by atoms with Crippen molar-refractivity contribution in [3.63, 3.8) is 0 Å². The molecule has 2 aliphatic carbocycles. The predicted octanol–water partition coefficient (Wildman–Crippen LogP) is 10.3. The van der Waals surface area contributed by atoms with Crippen molar-refractivity contribution in [3.05, 3.63) is 59.2 Å². The van der Waals surface area contributed by atoms with E-state index < -0.39 is 0 Å². The summed E-state index contributed by atoms with van der Waals surface area (Å²) in [5.41, 5.74) is 1.70. The van der Waals surface area contributed by atoms with Gasteiger partial charge in [0.1, 0.15) is 11.6 Å². The molecule has 0 radical (unpaired) electrons. The molecular weight excluding hydrogens is 422 g/mol. The number of benzene rings is 2. The second kappa shape index (κ2) is 12.3. The first-order valence-corrected chi connectivity index (χ1v) is 14.1. The fourth-order valence-electron chi connectivity index (χ4n) is 6.85. The lowest BCUT2D eigenvalue weighted by Crippen LogP contribution is -2.30. The molecule has 0 bridgehead atoms. The Hall–Kier alpha value is -1.70. The summed E-state index contributed by atoms with van der Waals surface area (Å²) in [7, 11) is 0. The van der Waals surface area contributed by atoms with Crippen molar-refractivity contribution in [3.8, 4) is 0 Å². The smallest absolute Gasteiger partial charge is 0.131 e. The topological polar surface area (TPSA) is 0 Å². The Morgan fingerprint density at radius 3 is 2.47 bits per heavy atom. The lowest BCUT2D eigenvalue weighted by atomic mass is 9.63. The lowest BCUT2D eigenvalue weighted by molar-refractivity contribution is 0.112. The average molecular weight is 467 g/mol. The summed E-state index contributed by atoms with van der Waals surface area (Å²) < 4.78 is 30.2. The Labute approximate surface area is 206 Å². The van der Waals surface area contributed by atoms with Gasteiger partial charge in [-0.15, -0.1) is 0 Å². The summed E-state index contributed by atoms with van der Waals surface area (Å²) in [5, 5.41) is 1.28. The zero-order chi connectivity index (χ0) is 23.9. The van der Waals surface area contributed by atoms with E-state index in [1.165, 1.54) is 64.2 Å². The summed E-state index contributed by atoms with van der Waals surface area (Å²) >= 11 is 0. The number of unbranched alkanes of at least 4 members (excludes halogenated alkanes) is 4. The molecule has 0 N–H and O–H groups in total. The highest BCUT2D eigenvalue weighted by Gasteiger charge is 2.36. The van der Waals surface area contributed by atoms with Crippen LogP contribution in [-0.2, 0) is 6.42 Å². The van der Waals surface area contributed by atoms with Crippen molar-refractivity contribution >= 4 is 10.8 Å². The third kappa shape index (κ3) is 6.29. The van der Waals surface area contributed by atoms with Gasteiger partial charge in [0, 0.05) is 5.39 Å². The van der Waals surface area contributed by atoms with Crippen molar-refractivity contribution in [2.24, 2.45) is 17.8 Å².